The summed E-state index contributed by atoms with van der Waals surface area (Å²) in [6, 6.07) is 1.50. The molecule has 0 N–H and O–H groups in total. The predicted molar refractivity (Wildman–Crippen MR) is 71.6 cm³/mol. The molecular formula is C14H18ClFN2. The molecule has 1 aliphatic heterocycles. The van der Waals surface area contributed by atoms with E-state index in [1.54, 1.807) is 6.20 Å². The van der Waals surface area contributed by atoms with Gasteiger partial charge in [-0.25, -0.2) is 9.37 Å². The summed E-state index contributed by atoms with van der Waals surface area (Å²) in [6.45, 7) is 2.03. The number of aromatic nitrogens is 1. The van der Waals surface area contributed by atoms with E-state index in [0.29, 0.717) is 5.41 Å². The second-order valence-corrected chi connectivity index (χ2v) is 6.02. The van der Waals surface area contributed by atoms with Crippen LogP contribution in [0.25, 0.3) is 0 Å². The molecule has 2 nitrogen and oxygen atoms in total. The van der Waals surface area contributed by atoms with Gasteiger partial charge in [-0.1, -0.05) is 24.4 Å². The molecule has 0 atom stereocenters. The summed E-state index contributed by atoms with van der Waals surface area (Å²) in [5, 5.41) is -0.0389. The van der Waals surface area contributed by atoms with E-state index in [2.05, 4.69) is 9.88 Å². The molecule has 0 bridgehead atoms. The smallest absolute Gasteiger partial charge is 0.164 e. The van der Waals surface area contributed by atoms with E-state index in [0.717, 1.165) is 18.8 Å². The van der Waals surface area contributed by atoms with Crippen molar-refractivity contribution in [2.75, 3.05) is 18.0 Å². The molecule has 98 valence electrons. The second kappa shape index (κ2) is 4.69. The van der Waals surface area contributed by atoms with Crippen LogP contribution in [0.3, 0.4) is 0 Å². The van der Waals surface area contributed by atoms with Crippen LogP contribution in [0, 0.1) is 11.2 Å². The van der Waals surface area contributed by atoms with E-state index >= 15 is 0 Å². The van der Waals surface area contributed by atoms with Crippen molar-refractivity contribution >= 4 is 17.3 Å². The van der Waals surface area contributed by atoms with Crippen molar-refractivity contribution in [1.82, 2.24) is 4.98 Å². The summed E-state index contributed by atoms with van der Waals surface area (Å²) in [4.78, 5) is 6.12. The fourth-order valence-corrected chi connectivity index (χ4v) is 3.55. The molecule has 2 aliphatic rings. The summed E-state index contributed by atoms with van der Waals surface area (Å²) < 4.78 is 13.4. The van der Waals surface area contributed by atoms with Crippen molar-refractivity contribution in [2.24, 2.45) is 5.41 Å². The first-order valence-electron chi connectivity index (χ1n) is 6.75. The molecular weight excluding hydrogens is 251 g/mol. The summed E-state index contributed by atoms with van der Waals surface area (Å²) in [6.07, 6.45) is 9.68. The van der Waals surface area contributed by atoms with Crippen molar-refractivity contribution in [1.29, 1.82) is 0 Å². The van der Waals surface area contributed by atoms with E-state index in [-0.39, 0.29) is 5.15 Å². The Morgan fingerprint density at radius 1 is 1.17 bits per heavy atom. The molecule has 0 unspecified atom stereocenters. The maximum absolute atomic E-state index is 13.4. The third-order valence-electron chi connectivity index (χ3n) is 4.64. The average molecular weight is 269 g/mol. The first kappa shape index (κ1) is 12.2. The van der Waals surface area contributed by atoms with Crippen molar-refractivity contribution in [2.45, 2.75) is 38.5 Å². The molecule has 18 heavy (non-hydrogen) atoms. The molecule has 2 heterocycles. The lowest BCUT2D eigenvalue weighted by Gasteiger charge is -2.40. The molecule has 4 heteroatoms. The van der Waals surface area contributed by atoms with Gasteiger partial charge in [-0.3, -0.25) is 0 Å². The Balaban J connectivity index is 1.70. The number of nitrogens with zero attached hydrogens (tertiary/aromatic N) is 2. The summed E-state index contributed by atoms with van der Waals surface area (Å²) in [5.41, 5.74) is 1.46. The Bertz CT molecular complexity index is 433. The van der Waals surface area contributed by atoms with Crippen molar-refractivity contribution < 1.29 is 4.39 Å². The van der Waals surface area contributed by atoms with Crippen LogP contribution in [0.15, 0.2) is 12.3 Å². The number of pyridine rings is 1. The molecule has 1 aromatic rings. The second-order valence-electron chi connectivity index (χ2n) is 5.66. The average Bonchev–Trinajstić information content (AvgIpc) is 2.82. The Morgan fingerprint density at radius 2 is 1.83 bits per heavy atom. The molecule has 0 radical (unpaired) electrons. The number of rotatable bonds is 1. The highest BCUT2D eigenvalue weighted by Gasteiger charge is 2.36. The highest BCUT2D eigenvalue weighted by atomic mass is 35.5. The molecule has 3 rings (SSSR count). The Kier molecular flexibility index (Phi) is 3.18. The van der Waals surface area contributed by atoms with Gasteiger partial charge in [-0.15, -0.1) is 0 Å². The fourth-order valence-electron chi connectivity index (χ4n) is 3.45. The monoisotopic (exact) mass is 268 g/mol. The van der Waals surface area contributed by atoms with Crippen LogP contribution in [0.2, 0.25) is 5.15 Å². The quantitative estimate of drug-likeness (QED) is 0.715. The largest absolute Gasteiger partial charge is 0.370 e. The van der Waals surface area contributed by atoms with E-state index < -0.39 is 5.82 Å². The highest BCUT2D eigenvalue weighted by molar-refractivity contribution is 6.29. The molecule has 1 saturated carbocycles. The Labute approximate surface area is 112 Å². The zero-order valence-corrected chi connectivity index (χ0v) is 11.2. The summed E-state index contributed by atoms with van der Waals surface area (Å²) in [7, 11) is 0. The minimum absolute atomic E-state index is 0.0389. The lowest BCUT2D eigenvalue weighted by Crippen LogP contribution is -2.38. The van der Waals surface area contributed by atoms with E-state index in [1.165, 1.54) is 44.6 Å². The molecule has 1 aromatic heterocycles. The lowest BCUT2D eigenvalue weighted by molar-refractivity contribution is 0.226. The normalized spacial score (nSPS) is 22.7. The van der Waals surface area contributed by atoms with Gasteiger partial charge in [-0.2, -0.15) is 0 Å². The van der Waals surface area contributed by atoms with E-state index in [1.807, 2.05) is 0 Å². The van der Waals surface area contributed by atoms with Crippen LogP contribution in [0.4, 0.5) is 10.1 Å². The van der Waals surface area contributed by atoms with Crippen LogP contribution in [0.5, 0.6) is 0 Å². The van der Waals surface area contributed by atoms with Crippen LogP contribution >= 0.6 is 11.6 Å². The number of anilines is 1. The number of halogens is 2. The molecule has 1 spiro atoms. The molecule has 2 fully saturated rings. The maximum Gasteiger partial charge on any atom is 0.164 e. The number of hydrogen-bond acceptors (Lipinski definition) is 2. The first-order valence-corrected chi connectivity index (χ1v) is 7.12. The van der Waals surface area contributed by atoms with E-state index in [4.69, 9.17) is 11.6 Å². The van der Waals surface area contributed by atoms with Gasteiger partial charge in [0, 0.05) is 19.2 Å². The molecule has 0 aromatic carbocycles. The Morgan fingerprint density at radius 3 is 2.44 bits per heavy atom. The van der Waals surface area contributed by atoms with Crippen molar-refractivity contribution in [3.05, 3.63) is 23.2 Å². The standard InChI is InChI=1S/C14H18ClFN2/c15-13-12(16)9-11(10-17-13)18-7-5-14(6-8-18)3-1-2-4-14/h9-10H,1-8H2. The van der Waals surface area contributed by atoms with Gasteiger partial charge < -0.3 is 4.90 Å². The minimum atomic E-state index is -0.421. The third kappa shape index (κ3) is 2.20. The SMILES string of the molecule is Fc1cc(N2CCC3(CCCC3)CC2)cnc1Cl. The van der Waals surface area contributed by atoms with Crippen molar-refractivity contribution in [3.8, 4) is 0 Å². The van der Waals surface area contributed by atoms with Gasteiger partial charge in [0.15, 0.2) is 11.0 Å². The minimum Gasteiger partial charge on any atom is -0.370 e. The van der Waals surface area contributed by atoms with Gasteiger partial charge >= 0.3 is 0 Å². The van der Waals surface area contributed by atoms with Gasteiger partial charge in [0.1, 0.15) is 0 Å². The number of piperidine rings is 1. The topological polar surface area (TPSA) is 16.1 Å². The molecule has 1 aliphatic carbocycles. The first-order chi connectivity index (χ1) is 8.69. The van der Waals surface area contributed by atoms with Crippen LogP contribution in [-0.2, 0) is 0 Å². The zero-order chi connectivity index (χ0) is 12.6. The van der Waals surface area contributed by atoms with Crippen LogP contribution in [0.1, 0.15) is 38.5 Å². The zero-order valence-electron chi connectivity index (χ0n) is 10.5. The molecule has 0 amide bonds. The third-order valence-corrected chi connectivity index (χ3v) is 4.91. The van der Waals surface area contributed by atoms with Gasteiger partial charge in [0.05, 0.1) is 11.9 Å². The summed E-state index contributed by atoms with van der Waals surface area (Å²) in [5.74, 6) is -0.421. The van der Waals surface area contributed by atoms with Gasteiger partial charge in [-0.05, 0) is 31.1 Å². The van der Waals surface area contributed by atoms with E-state index in [9.17, 15) is 4.39 Å². The highest BCUT2D eigenvalue weighted by Crippen LogP contribution is 2.46. The molecule has 1 saturated heterocycles. The van der Waals surface area contributed by atoms with Crippen molar-refractivity contribution in [3.63, 3.8) is 0 Å². The Hall–Kier alpha value is -0.830. The van der Waals surface area contributed by atoms with Crippen LogP contribution < -0.4 is 4.90 Å². The fraction of sp³-hybridized carbons (Fsp3) is 0.643. The van der Waals surface area contributed by atoms with Gasteiger partial charge in [0.25, 0.3) is 0 Å². The summed E-state index contributed by atoms with van der Waals surface area (Å²) >= 11 is 5.61. The number of hydrogen-bond donors (Lipinski definition) is 0. The maximum atomic E-state index is 13.4. The van der Waals surface area contributed by atoms with Gasteiger partial charge in [0.2, 0.25) is 0 Å². The lowest BCUT2D eigenvalue weighted by atomic mass is 9.77. The van der Waals surface area contributed by atoms with Crippen LogP contribution in [-0.4, -0.2) is 18.1 Å². The predicted octanol–water partition coefficient (Wildman–Crippen LogP) is 4.03.